The van der Waals surface area contributed by atoms with Gasteiger partial charge in [-0.1, -0.05) is 29.3 Å². The molecule has 0 aliphatic heterocycles. The summed E-state index contributed by atoms with van der Waals surface area (Å²) in [5, 5.41) is 12.7. The molecule has 2 N–H and O–H groups in total. The van der Waals surface area contributed by atoms with E-state index in [4.69, 9.17) is 27.9 Å². The number of carboxylic acids is 1. The number of ether oxygens (including phenoxy) is 1. The number of carbonyl (C=O) groups is 2. The molecule has 0 bridgehead atoms. The third-order valence-corrected chi connectivity index (χ3v) is 4.29. The molecule has 0 aromatic heterocycles. The van der Waals surface area contributed by atoms with E-state index in [1.807, 2.05) is 0 Å². The minimum absolute atomic E-state index is 0.0752. The minimum Gasteiger partial charge on any atom is -0.479 e. The van der Waals surface area contributed by atoms with Gasteiger partial charge in [0.15, 0.2) is 5.54 Å². The second-order valence-electron chi connectivity index (χ2n) is 7.54. The number of amides is 1. The highest BCUT2D eigenvalue weighted by Crippen LogP contribution is 2.24. The van der Waals surface area contributed by atoms with E-state index in [1.54, 1.807) is 32.9 Å². The Labute approximate surface area is 179 Å². The molecule has 1 amide bonds. The molecule has 1 aromatic carbocycles. The van der Waals surface area contributed by atoms with Crippen molar-refractivity contribution in [1.82, 2.24) is 5.32 Å². The number of benzene rings is 1. The monoisotopic (exact) mass is 446 g/mol. The molecule has 29 heavy (non-hydrogen) atoms. The molecule has 0 aliphatic carbocycles. The molecule has 1 unspecified atom stereocenters. The number of carboxylic acid groups (broad SMARTS) is 1. The average Bonchev–Trinajstić information content (AvgIpc) is 2.57. The maximum atomic E-state index is 14.0. The SMILES string of the molecule is CC(C)(C)OC(=O)NC/C=C(\F)CCC(C)(N=Cc1ccc(Cl)cc1Cl)C(=O)O. The van der Waals surface area contributed by atoms with Crippen molar-refractivity contribution in [2.75, 3.05) is 6.54 Å². The van der Waals surface area contributed by atoms with Gasteiger partial charge in [0.2, 0.25) is 0 Å². The Morgan fingerprint density at radius 2 is 1.93 bits per heavy atom. The summed E-state index contributed by atoms with van der Waals surface area (Å²) in [6.45, 7) is 6.46. The van der Waals surface area contributed by atoms with E-state index in [9.17, 15) is 19.1 Å². The van der Waals surface area contributed by atoms with Crippen LogP contribution in [-0.2, 0) is 9.53 Å². The Hall–Kier alpha value is -2.12. The zero-order valence-corrected chi connectivity index (χ0v) is 18.3. The first-order valence-electron chi connectivity index (χ1n) is 8.87. The molecule has 0 heterocycles. The van der Waals surface area contributed by atoms with Crippen molar-refractivity contribution in [3.63, 3.8) is 0 Å². The summed E-state index contributed by atoms with van der Waals surface area (Å²) in [4.78, 5) is 27.3. The Kier molecular flexibility index (Phi) is 9.11. The second-order valence-corrected chi connectivity index (χ2v) is 8.38. The number of allylic oxidation sites excluding steroid dienone is 1. The van der Waals surface area contributed by atoms with E-state index in [1.165, 1.54) is 19.2 Å². The van der Waals surface area contributed by atoms with Crippen LogP contribution in [0.1, 0.15) is 46.1 Å². The van der Waals surface area contributed by atoms with Crippen LogP contribution in [0.4, 0.5) is 9.18 Å². The lowest BCUT2D eigenvalue weighted by molar-refractivity contribution is -0.142. The van der Waals surface area contributed by atoms with Gasteiger partial charge in [0, 0.05) is 29.8 Å². The van der Waals surface area contributed by atoms with Crippen LogP contribution in [0.25, 0.3) is 0 Å². The van der Waals surface area contributed by atoms with E-state index >= 15 is 0 Å². The summed E-state index contributed by atoms with van der Waals surface area (Å²) in [6, 6.07) is 4.73. The van der Waals surface area contributed by atoms with Crippen LogP contribution in [0.3, 0.4) is 0 Å². The number of carbonyl (C=O) groups excluding carboxylic acids is 1. The maximum absolute atomic E-state index is 14.0. The third-order valence-electron chi connectivity index (χ3n) is 3.73. The van der Waals surface area contributed by atoms with Crippen LogP contribution in [0.15, 0.2) is 35.1 Å². The number of aliphatic carboxylic acids is 1. The van der Waals surface area contributed by atoms with Gasteiger partial charge < -0.3 is 15.2 Å². The molecular formula is C20H25Cl2FN2O4. The van der Waals surface area contributed by atoms with Crippen LogP contribution in [-0.4, -0.2) is 41.1 Å². The molecule has 0 fully saturated rings. The molecule has 1 rings (SSSR count). The molecule has 0 saturated carbocycles. The topological polar surface area (TPSA) is 88.0 Å². The van der Waals surface area contributed by atoms with Gasteiger partial charge in [-0.2, -0.15) is 0 Å². The minimum atomic E-state index is -1.55. The zero-order valence-electron chi connectivity index (χ0n) is 16.8. The highest BCUT2D eigenvalue weighted by atomic mass is 35.5. The smallest absolute Gasteiger partial charge is 0.407 e. The van der Waals surface area contributed by atoms with Crippen LogP contribution in [0.5, 0.6) is 0 Å². The van der Waals surface area contributed by atoms with Gasteiger partial charge >= 0.3 is 12.1 Å². The highest BCUT2D eigenvalue weighted by Gasteiger charge is 2.32. The number of rotatable bonds is 8. The average molecular weight is 447 g/mol. The molecule has 0 spiro atoms. The Balaban J connectivity index is 2.69. The molecule has 0 aliphatic rings. The van der Waals surface area contributed by atoms with Crippen LogP contribution in [0.2, 0.25) is 10.0 Å². The number of alkyl carbamates (subject to hydrolysis) is 1. The van der Waals surface area contributed by atoms with Crippen LogP contribution >= 0.6 is 23.2 Å². The lowest BCUT2D eigenvalue weighted by atomic mass is 9.96. The number of nitrogens with one attached hydrogen (secondary N) is 1. The quantitative estimate of drug-likeness (QED) is 0.522. The van der Waals surface area contributed by atoms with Gasteiger partial charge in [-0.15, -0.1) is 0 Å². The van der Waals surface area contributed by atoms with Crippen molar-refractivity contribution in [2.45, 2.75) is 51.7 Å². The van der Waals surface area contributed by atoms with Crippen molar-refractivity contribution in [3.8, 4) is 0 Å². The van der Waals surface area contributed by atoms with Crippen molar-refractivity contribution >= 4 is 41.5 Å². The summed E-state index contributed by atoms with van der Waals surface area (Å²) < 4.78 is 19.1. The number of nitrogens with zero attached hydrogens (tertiary/aromatic N) is 1. The van der Waals surface area contributed by atoms with Gasteiger partial charge in [0.25, 0.3) is 0 Å². The molecule has 160 valence electrons. The standard InChI is InChI=1S/C20H25Cl2FN2O4/c1-19(2,3)29-18(28)24-10-8-15(23)7-9-20(4,17(26)27)25-12-13-5-6-14(21)11-16(13)22/h5-6,8,11-12H,7,9-10H2,1-4H3,(H,24,28)(H,26,27)/b15-8-,25-12?. The van der Waals surface area contributed by atoms with E-state index in [2.05, 4.69) is 10.3 Å². The van der Waals surface area contributed by atoms with Crippen LogP contribution in [0, 0.1) is 0 Å². The van der Waals surface area contributed by atoms with E-state index < -0.39 is 29.0 Å². The summed E-state index contributed by atoms with van der Waals surface area (Å²) >= 11 is 11.9. The lowest BCUT2D eigenvalue weighted by Crippen LogP contribution is -2.33. The van der Waals surface area contributed by atoms with Gasteiger partial charge in [-0.25, -0.2) is 14.0 Å². The van der Waals surface area contributed by atoms with Crippen molar-refractivity contribution < 1.29 is 23.8 Å². The number of halogens is 3. The third kappa shape index (κ3) is 9.28. The maximum Gasteiger partial charge on any atom is 0.407 e. The van der Waals surface area contributed by atoms with E-state index in [0.29, 0.717) is 15.6 Å². The number of hydrogen-bond acceptors (Lipinski definition) is 4. The fraction of sp³-hybridized carbons (Fsp3) is 0.450. The van der Waals surface area contributed by atoms with Gasteiger partial charge in [0.05, 0.1) is 10.8 Å². The van der Waals surface area contributed by atoms with Crippen molar-refractivity contribution in [2.24, 2.45) is 4.99 Å². The summed E-state index contributed by atoms with van der Waals surface area (Å²) in [6.07, 6.45) is 1.58. The van der Waals surface area contributed by atoms with E-state index in [-0.39, 0.29) is 19.4 Å². The predicted molar refractivity (Wildman–Crippen MR) is 113 cm³/mol. The highest BCUT2D eigenvalue weighted by molar-refractivity contribution is 6.36. The lowest BCUT2D eigenvalue weighted by Gasteiger charge is -2.20. The summed E-state index contributed by atoms with van der Waals surface area (Å²) in [7, 11) is 0. The van der Waals surface area contributed by atoms with Crippen molar-refractivity contribution in [3.05, 3.63) is 45.7 Å². The molecule has 6 nitrogen and oxygen atoms in total. The molecule has 0 radical (unpaired) electrons. The Morgan fingerprint density at radius 3 is 2.48 bits per heavy atom. The van der Waals surface area contributed by atoms with Gasteiger partial charge in [-0.3, -0.25) is 4.99 Å². The Bertz CT molecular complexity index is 806. The van der Waals surface area contributed by atoms with Gasteiger partial charge in [-0.05, 0) is 52.3 Å². The predicted octanol–water partition coefficient (Wildman–Crippen LogP) is 5.41. The molecule has 1 aromatic rings. The molecule has 0 saturated heterocycles. The van der Waals surface area contributed by atoms with Crippen LogP contribution < -0.4 is 5.32 Å². The summed E-state index contributed by atoms with van der Waals surface area (Å²) in [5.41, 5.74) is -1.70. The zero-order chi connectivity index (χ0) is 22.2. The molecular weight excluding hydrogens is 422 g/mol. The van der Waals surface area contributed by atoms with Gasteiger partial charge in [0.1, 0.15) is 5.60 Å². The first-order valence-corrected chi connectivity index (χ1v) is 9.63. The fourth-order valence-electron chi connectivity index (χ4n) is 2.07. The fourth-order valence-corrected chi connectivity index (χ4v) is 2.53. The number of aliphatic imine (C=N–C) groups is 1. The summed E-state index contributed by atoms with van der Waals surface area (Å²) in [5.74, 6) is -1.76. The molecule has 1 atom stereocenters. The first-order chi connectivity index (χ1) is 13.3. The normalized spacial score (nSPS) is 14.5. The Morgan fingerprint density at radius 1 is 1.28 bits per heavy atom. The number of hydrogen-bond donors (Lipinski definition) is 2. The van der Waals surface area contributed by atoms with E-state index in [0.717, 1.165) is 6.08 Å². The first kappa shape index (κ1) is 24.9. The molecule has 9 heteroatoms. The largest absolute Gasteiger partial charge is 0.479 e. The second kappa shape index (κ2) is 10.6. The van der Waals surface area contributed by atoms with Crippen molar-refractivity contribution in [1.29, 1.82) is 0 Å².